The van der Waals surface area contributed by atoms with Crippen molar-refractivity contribution in [3.8, 4) is 17.2 Å². The van der Waals surface area contributed by atoms with Crippen molar-refractivity contribution >= 4 is 11.4 Å². The van der Waals surface area contributed by atoms with Gasteiger partial charge >= 0.3 is 0 Å². The fraction of sp³-hybridized carbons (Fsp3) is 0.294. The second-order valence-corrected chi connectivity index (χ2v) is 5.49. The molecule has 0 aliphatic carbocycles. The topological polar surface area (TPSA) is 73.7 Å². The van der Waals surface area contributed by atoms with E-state index in [4.69, 9.17) is 20.9 Å². The number of nitrogens with two attached hydrogens (primary N) is 2. The third kappa shape index (κ3) is 4.30. The van der Waals surface area contributed by atoms with Gasteiger partial charge in [0.1, 0.15) is 23.9 Å². The van der Waals surface area contributed by atoms with E-state index in [1.165, 1.54) is 0 Å². The number of hydrogen-bond acceptors (Lipinski definition) is 5. The summed E-state index contributed by atoms with van der Waals surface area (Å²) < 4.78 is 11.6. The van der Waals surface area contributed by atoms with E-state index in [2.05, 4.69) is 11.8 Å². The second-order valence-electron chi connectivity index (χ2n) is 5.49. The van der Waals surface area contributed by atoms with E-state index < -0.39 is 0 Å². The maximum absolute atomic E-state index is 5.78. The van der Waals surface area contributed by atoms with Crippen LogP contribution in [0.3, 0.4) is 0 Å². The minimum absolute atomic E-state index is 0.335. The molecule has 0 saturated carbocycles. The Kier molecular flexibility index (Phi) is 5.12. The summed E-state index contributed by atoms with van der Waals surface area (Å²) in [4.78, 5) is 2.11. The molecule has 2 aromatic carbocycles. The molecule has 1 atom stereocenters. The molecule has 0 aromatic heterocycles. The monoisotopic (exact) mass is 301 g/mol. The van der Waals surface area contributed by atoms with Gasteiger partial charge in [-0.2, -0.15) is 0 Å². The molecule has 2 rings (SSSR count). The lowest BCUT2D eigenvalue weighted by atomic mass is 10.2. The van der Waals surface area contributed by atoms with Crippen LogP contribution in [0.5, 0.6) is 17.2 Å². The van der Waals surface area contributed by atoms with Gasteiger partial charge in [-0.05, 0) is 45.3 Å². The first kappa shape index (κ1) is 16.0. The van der Waals surface area contributed by atoms with E-state index in [1.54, 1.807) is 18.2 Å². The molecule has 0 saturated heterocycles. The number of anilines is 2. The van der Waals surface area contributed by atoms with E-state index in [0.29, 0.717) is 35.5 Å². The van der Waals surface area contributed by atoms with E-state index in [9.17, 15) is 0 Å². The van der Waals surface area contributed by atoms with Gasteiger partial charge in [-0.1, -0.05) is 6.07 Å². The summed E-state index contributed by atoms with van der Waals surface area (Å²) >= 11 is 0. The van der Waals surface area contributed by atoms with Gasteiger partial charge in [-0.15, -0.1) is 0 Å². The smallest absolute Gasteiger partial charge is 0.131 e. The summed E-state index contributed by atoms with van der Waals surface area (Å²) in [6.45, 7) is 2.72. The molecule has 0 fully saturated rings. The molecule has 5 nitrogen and oxygen atoms in total. The summed E-state index contributed by atoms with van der Waals surface area (Å²) in [6, 6.07) is 13.1. The minimum atomic E-state index is 0.335. The normalized spacial score (nSPS) is 12.2. The summed E-state index contributed by atoms with van der Waals surface area (Å²) in [6.07, 6.45) is 0. The SMILES string of the molecule is CC(COc1cccc(Oc2ccc(N)c(N)c2)c1)N(C)C. The summed E-state index contributed by atoms with van der Waals surface area (Å²) in [5.41, 5.74) is 12.5. The Bertz CT molecular complexity index is 629. The predicted octanol–water partition coefficient (Wildman–Crippen LogP) is 2.97. The summed E-state index contributed by atoms with van der Waals surface area (Å²) in [5.74, 6) is 2.11. The number of nitrogen functional groups attached to an aromatic ring is 2. The van der Waals surface area contributed by atoms with Crippen LogP contribution in [0.15, 0.2) is 42.5 Å². The largest absolute Gasteiger partial charge is 0.492 e. The van der Waals surface area contributed by atoms with Crippen LogP contribution < -0.4 is 20.9 Å². The van der Waals surface area contributed by atoms with Crippen LogP contribution in [-0.4, -0.2) is 31.6 Å². The summed E-state index contributed by atoms with van der Waals surface area (Å²) in [5, 5.41) is 0. The Hall–Kier alpha value is -2.40. The standard InChI is InChI=1S/C17H23N3O2/c1-12(20(2)3)11-21-13-5-4-6-14(9-13)22-15-7-8-16(18)17(19)10-15/h4-10,12H,11,18-19H2,1-3H3. The third-order valence-corrected chi connectivity index (χ3v) is 3.47. The number of rotatable bonds is 6. The van der Waals surface area contributed by atoms with Crippen molar-refractivity contribution in [1.82, 2.24) is 4.90 Å². The van der Waals surface area contributed by atoms with Crippen LogP contribution in [0.25, 0.3) is 0 Å². The molecule has 118 valence electrons. The highest BCUT2D eigenvalue weighted by Gasteiger charge is 2.06. The van der Waals surface area contributed by atoms with Gasteiger partial charge in [0.05, 0.1) is 11.4 Å². The van der Waals surface area contributed by atoms with Gasteiger partial charge < -0.3 is 25.8 Å². The van der Waals surface area contributed by atoms with Gasteiger partial charge in [-0.3, -0.25) is 0 Å². The van der Waals surface area contributed by atoms with Crippen molar-refractivity contribution in [2.45, 2.75) is 13.0 Å². The first-order valence-electron chi connectivity index (χ1n) is 7.18. The summed E-state index contributed by atoms with van der Waals surface area (Å²) in [7, 11) is 4.05. The Morgan fingerprint density at radius 1 is 0.955 bits per heavy atom. The Labute approximate surface area is 131 Å². The highest BCUT2D eigenvalue weighted by Crippen LogP contribution is 2.28. The average Bonchev–Trinajstić information content (AvgIpc) is 2.49. The zero-order chi connectivity index (χ0) is 16.1. The van der Waals surface area contributed by atoms with Crippen LogP contribution in [0.1, 0.15) is 6.92 Å². The zero-order valence-electron chi connectivity index (χ0n) is 13.2. The molecule has 0 aliphatic heterocycles. The van der Waals surface area contributed by atoms with Crippen LogP contribution in [0, 0.1) is 0 Å². The number of ether oxygens (including phenoxy) is 2. The van der Waals surface area contributed by atoms with Crippen LogP contribution in [-0.2, 0) is 0 Å². The van der Waals surface area contributed by atoms with Crippen molar-refractivity contribution in [2.75, 3.05) is 32.2 Å². The van der Waals surface area contributed by atoms with E-state index >= 15 is 0 Å². The quantitative estimate of drug-likeness (QED) is 0.802. The molecule has 0 bridgehead atoms. The lowest BCUT2D eigenvalue weighted by molar-refractivity contribution is 0.198. The molecular weight excluding hydrogens is 278 g/mol. The van der Waals surface area contributed by atoms with Gasteiger partial charge in [0.2, 0.25) is 0 Å². The maximum Gasteiger partial charge on any atom is 0.131 e. The Morgan fingerprint density at radius 2 is 1.64 bits per heavy atom. The van der Waals surface area contributed by atoms with E-state index in [1.807, 2.05) is 38.4 Å². The average molecular weight is 301 g/mol. The van der Waals surface area contributed by atoms with Gasteiger partial charge in [0, 0.05) is 18.2 Å². The first-order valence-corrected chi connectivity index (χ1v) is 7.18. The molecule has 2 aromatic rings. The van der Waals surface area contributed by atoms with Crippen LogP contribution >= 0.6 is 0 Å². The molecule has 0 spiro atoms. The van der Waals surface area contributed by atoms with Crippen molar-refractivity contribution in [3.63, 3.8) is 0 Å². The molecule has 0 radical (unpaired) electrons. The number of likely N-dealkylation sites (N-methyl/N-ethyl adjacent to an activating group) is 1. The maximum atomic E-state index is 5.78. The molecule has 4 N–H and O–H groups in total. The molecular formula is C17H23N3O2. The van der Waals surface area contributed by atoms with E-state index in [-0.39, 0.29) is 0 Å². The predicted molar refractivity (Wildman–Crippen MR) is 90.4 cm³/mol. The number of benzene rings is 2. The fourth-order valence-electron chi connectivity index (χ4n) is 1.75. The number of hydrogen-bond donors (Lipinski definition) is 2. The molecule has 0 aliphatic rings. The van der Waals surface area contributed by atoms with Gasteiger partial charge in [-0.25, -0.2) is 0 Å². The van der Waals surface area contributed by atoms with Crippen molar-refractivity contribution in [3.05, 3.63) is 42.5 Å². The number of nitrogens with zero attached hydrogens (tertiary/aromatic N) is 1. The lowest BCUT2D eigenvalue weighted by Crippen LogP contribution is -2.30. The Morgan fingerprint density at radius 3 is 2.32 bits per heavy atom. The van der Waals surface area contributed by atoms with Crippen molar-refractivity contribution < 1.29 is 9.47 Å². The molecule has 0 heterocycles. The van der Waals surface area contributed by atoms with Crippen LogP contribution in [0.4, 0.5) is 11.4 Å². The lowest BCUT2D eigenvalue weighted by Gasteiger charge is -2.20. The molecule has 5 heteroatoms. The van der Waals surface area contributed by atoms with Crippen molar-refractivity contribution in [2.24, 2.45) is 0 Å². The highest BCUT2D eigenvalue weighted by atomic mass is 16.5. The van der Waals surface area contributed by atoms with Crippen molar-refractivity contribution in [1.29, 1.82) is 0 Å². The third-order valence-electron chi connectivity index (χ3n) is 3.47. The second kappa shape index (κ2) is 7.04. The first-order chi connectivity index (χ1) is 10.5. The van der Waals surface area contributed by atoms with Gasteiger partial charge in [0.15, 0.2) is 0 Å². The minimum Gasteiger partial charge on any atom is -0.492 e. The molecule has 0 amide bonds. The zero-order valence-corrected chi connectivity index (χ0v) is 13.2. The fourth-order valence-corrected chi connectivity index (χ4v) is 1.75. The highest BCUT2D eigenvalue weighted by molar-refractivity contribution is 5.65. The molecule has 1 unspecified atom stereocenters. The Balaban J connectivity index is 2.03. The van der Waals surface area contributed by atoms with Gasteiger partial charge in [0.25, 0.3) is 0 Å². The van der Waals surface area contributed by atoms with E-state index in [0.717, 1.165) is 5.75 Å². The van der Waals surface area contributed by atoms with Crippen LogP contribution in [0.2, 0.25) is 0 Å². The molecule has 22 heavy (non-hydrogen) atoms.